The van der Waals surface area contributed by atoms with Gasteiger partial charge in [-0.15, -0.1) is 0 Å². The van der Waals surface area contributed by atoms with E-state index in [0.717, 1.165) is 31.6 Å². The lowest BCUT2D eigenvalue weighted by Crippen LogP contribution is -2.28. The first-order valence-corrected chi connectivity index (χ1v) is 7.74. The molecule has 0 radical (unpaired) electrons. The molecule has 3 heterocycles. The predicted molar refractivity (Wildman–Crippen MR) is 84.4 cm³/mol. The lowest BCUT2D eigenvalue weighted by atomic mass is 9.87. The number of Topliss-reactive ketones (excluding diaryl/α,β-unsaturated/α-hetero) is 1. The van der Waals surface area contributed by atoms with Gasteiger partial charge in [-0.3, -0.25) is 9.59 Å². The van der Waals surface area contributed by atoms with Gasteiger partial charge in [0.15, 0.2) is 5.78 Å². The summed E-state index contributed by atoms with van der Waals surface area (Å²) in [4.78, 5) is 27.4. The van der Waals surface area contributed by atoms with Crippen molar-refractivity contribution in [2.45, 2.75) is 39.5 Å². The van der Waals surface area contributed by atoms with Gasteiger partial charge >= 0.3 is 0 Å². The standard InChI is InChI=1S/C16H22N4O2/c1-16(2,3)14(22)11-9-18-20-12(8-13(21)19-15(11)20)10-4-6-17-7-5-10/h8-10,17H,4-7H2,1-3H3,(H,19,21). The second-order valence-electron chi connectivity index (χ2n) is 6.98. The van der Waals surface area contributed by atoms with Gasteiger partial charge in [-0.1, -0.05) is 20.8 Å². The Morgan fingerprint density at radius 3 is 2.64 bits per heavy atom. The minimum atomic E-state index is -0.509. The number of aromatic nitrogens is 3. The first-order chi connectivity index (χ1) is 10.4. The van der Waals surface area contributed by atoms with Gasteiger partial charge in [0, 0.05) is 17.4 Å². The largest absolute Gasteiger partial charge is 0.317 e. The van der Waals surface area contributed by atoms with E-state index in [1.165, 1.54) is 0 Å². The van der Waals surface area contributed by atoms with Crippen molar-refractivity contribution in [3.05, 3.63) is 33.9 Å². The number of hydrogen-bond donors (Lipinski definition) is 2. The highest BCUT2D eigenvalue weighted by Gasteiger charge is 2.28. The third-order valence-electron chi connectivity index (χ3n) is 4.22. The summed E-state index contributed by atoms with van der Waals surface area (Å²) in [5.74, 6) is 0.282. The van der Waals surface area contributed by atoms with E-state index in [9.17, 15) is 9.59 Å². The van der Waals surface area contributed by atoms with Gasteiger partial charge in [0.25, 0.3) is 5.56 Å². The number of nitrogens with one attached hydrogen (secondary N) is 2. The van der Waals surface area contributed by atoms with Crippen LogP contribution in [0.3, 0.4) is 0 Å². The zero-order valence-electron chi connectivity index (χ0n) is 13.3. The van der Waals surface area contributed by atoms with Crippen molar-refractivity contribution < 1.29 is 4.79 Å². The van der Waals surface area contributed by atoms with E-state index in [1.807, 2.05) is 20.8 Å². The van der Waals surface area contributed by atoms with E-state index < -0.39 is 5.41 Å². The van der Waals surface area contributed by atoms with E-state index in [4.69, 9.17) is 0 Å². The smallest absolute Gasteiger partial charge is 0.251 e. The molecule has 1 aliphatic heterocycles. The topological polar surface area (TPSA) is 79.3 Å². The van der Waals surface area contributed by atoms with Gasteiger partial charge in [0.1, 0.15) is 5.65 Å². The number of aromatic amines is 1. The van der Waals surface area contributed by atoms with Crippen molar-refractivity contribution in [2.24, 2.45) is 5.41 Å². The Kier molecular flexibility index (Phi) is 3.64. The highest BCUT2D eigenvalue weighted by molar-refractivity contribution is 6.04. The fourth-order valence-corrected chi connectivity index (χ4v) is 2.99. The normalized spacial score (nSPS) is 17.0. The first kappa shape index (κ1) is 15.0. The molecule has 2 N–H and O–H groups in total. The summed E-state index contributed by atoms with van der Waals surface area (Å²) in [6.45, 7) is 7.48. The molecule has 2 aromatic rings. The van der Waals surface area contributed by atoms with Crippen LogP contribution < -0.4 is 10.9 Å². The molecule has 0 atom stereocenters. The van der Waals surface area contributed by atoms with Crippen LogP contribution in [0.1, 0.15) is 55.6 Å². The van der Waals surface area contributed by atoms with Gasteiger partial charge in [-0.05, 0) is 25.9 Å². The van der Waals surface area contributed by atoms with Crippen LogP contribution in [0, 0.1) is 5.41 Å². The van der Waals surface area contributed by atoms with E-state index >= 15 is 0 Å². The van der Waals surface area contributed by atoms with Crippen molar-refractivity contribution in [1.82, 2.24) is 19.9 Å². The van der Waals surface area contributed by atoms with Crippen molar-refractivity contribution in [3.8, 4) is 0 Å². The van der Waals surface area contributed by atoms with Crippen LogP contribution in [0.5, 0.6) is 0 Å². The molecule has 118 valence electrons. The third-order valence-corrected chi connectivity index (χ3v) is 4.22. The summed E-state index contributed by atoms with van der Waals surface area (Å²) in [5, 5.41) is 7.70. The molecule has 0 amide bonds. The number of H-pyrrole nitrogens is 1. The fourth-order valence-electron chi connectivity index (χ4n) is 2.99. The quantitative estimate of drug-likeness (QED) is 0.828. The average Bonchev–Trinajstić information content (AvgIpc) is 2.89. The lowest BCUT2D eigenvalue weighted by molar-refractivity contribution is 0.0860. The molecule has 1 saturated heterocycles. The van der Waals surface area contributed by atoms with E-state index in [0.29, 0.717) is 17.1 Å². The summed E-state index contributed by atoms with van der Waals surface area (Å²) in [5.41, 5.74) is 1.21. The maximum Gasteiger partial charge on any atom is 0.251 e. The minimum Gasteiger partial charge on any atom is -0.317 e. The van der Waals surface area contributed by atoms with Crippen molar-refractivity contribution in [1.29, 1.82) is 0 Å². The van der Waals surface area contributed by atoms with Crippen LogP contribution in [0.4, 0.5) is 0 Å². The molecule has 0 saturated carbocycles. The molecule has 6 heteroatoms. The highest BCUT2D eigenvalue weighted by Crippen LogP contribution is 2.27. The first-order valence-electron chi connectivity index (χ1n) is 7.74. The number of ketones is 1. The van der Waals surface area contributed by atoms with Gasteiger partial charge < -0.3 is 10.3 Å². The van der Waals surface area contributed by atoms with Crippen molar-refractivity contribution in [2.75, 3.05) is 13.1 Å². The molecule has 0 bridgehead atoms. The number of carbonyl (C=O) groups excluding carboxylic acids is 1. The number of fused-ring (bicyclic) bond motifs is 1. The second-order valence-corrected chi connectivity index (χ2v) is 6.98. The molecule has 2 aromatic heterocycles. The molecule has 22 heavy (non-hydrogen) atoms. The molecule has 0 aliphatic carbocycles. The van der Waals surface area contributed by atoms with Gasteiger partial charge in [-0.2, -0.15) is 5.10 Å². The second kappa shape index (κ2) is 5.35. The zero-order chi connectivity index (χ0) is 15.9. The monoisotopic (exact) mass is 302 g/mol. The zero-order valence-corrected chi connectivity index (χ0v) is 13.3. The van der Waals surface area contributed by atoms with Crippen molar-refractivity contribution in [3.63, 3.8) is 0 Å². The summed E-state index contributed by atoms with van der Waals surface area (Å²) >= 11 is 0. The Hall–Kier alpha value is -1.95. The SMILES string of the molecule is CC(C)(C)C(=O)c1cnn2c(C3CCNCC3)cc(=O)[nH]c12. The highest BCUT2D eigenvalue weighted by atomic mass is 16.1. The van der Waals surface area contributed by atoms with Crippen LogP contribution in [-0.2, 0) is 0 Å². The summed E-state index contributed by atoms with van der Waals surface area (Å²) < 4.78 is 1.73. The van der Waals surface area contributed by atoms with Crippen LogP contribution in [0.25, 0.3) is 5.65 Å². The number of nitrogens with zero attached hydrogens (tertiary/aromatic N) is 2. The summed E-state index contributed by atoms with van der Waals surface area (Å²) in [6, 6.07) is 1.61. The van der Waals surface area contributed by atoms with E-state index in [1.54, 1.807) is 16.8 Å². The molecule has 1 aliphatic rings. The summed E-state index contributed by atoms with van der Waals surface area (Å²) in [6.07, 6.45) is 3.52. The predicted octanol–water partition coefficient (Wildman–Crippen LogP) is 1.72. The van der Waals surface area contributed by atoms with Crippen LogP contribution in [0.15, 0.2) is 17.1 Å². The molecule has 0 spiro atoms. The Bertz CT molecular complexity index is 761. The fraction of sp³-hybridized carbons (Fsp3) is 0.562. The van der Waals surface area contributed by atoms with Gasteiger partial charge in [-0.25, -0.2) is 4.52 Å². The van der Waals surface area contributed by atoms with Crippen LogP contribution in [-0.4, -0.2) is 33.5 Å². The minimum absolute atomic E-state index is 0.0133. The number of piperidine rings is 1. The van der Waals surface area contributed by atoms with E-state index in [2.05, 4.69) is 15.4 Å². The molecule has 6 nitrogen and oxygen atoms in total. The summed E-state index contributed by atoms with van der Waals surface area (Å²) in [7, 11) is 0. The Morgan fingerprint density at radius 2 is 2.00 bits per heavy atom. The molecular formula is C16H22N4O2. The molecule has 0 aromatic carbocycles. The van der Waals surface area contributed by atoms with Crippen LogP contribution in [0.2, 0.25) is 0 Å². The van der Waals surface area contributed by atoms with E-state index in [-0.39, 0.29) is 11.3 Å². The number of carbonyl (C=O) groups is 1. The maximum absolute atomic E-state index is 12.6. The molecular weight excluding hydrogens is 280 g/mol. The average molecular weight is 302 g/mol. The Morgan fingerprint density at radius 1 is 1.32 bits per heavy atom. The maximum atomic E-state index is 12.6. The van der Waals surface area contributed by atoms with Gasteiger partial charge in [0.05, 0.1) is 17.5 Å². The third kappa shape index (κ3) is 2.59. The Balaban J connectivity index is 2.14. The van der Waals surface area contributed by atoms with Crippen LogP contribution >= 0.6 is 0 Å². The molecule has 3 rings (SSSR count). The number of rotatable bonds is 2. The lowest BCUT2D eigenvalue weighted by Gasteiger charge is -2.23. The molecule has 0 unspecified atom stereocenters. The Labute approximate surface area is 128 Å². The van der Waals surface area contributed by atoms with Crippen molar-refractivity contribution >= 4 is 11.4 Å². The number of hydrogen-bond acceptors (Lipinski definition) is 4. The molecule has 1 fully saturated rings. The van der Waals surface area contributed by atoms with Gasteiger partial charge in [0.2, 0.25) is 0 Å².